The molecule has 20 heavy (non-hydrogen) atoms. The Labute approximate surface area is 121 Å². The number of benzene rings is 1. The van der Waals surface area contributed by atoms with Crippen molar-refractivity contribution >= 4 is 45.3 Å². The number of rotatable bonds is 1. The minimum Gasteiger partial charge on any atom is -0.369 e. The minimum absolute atomic E-state index is 0.00583. The van der Waals surface area contributed by atoms with Gasteiger partial charge >= 0.3 is 0 Å². The van der Waals surface area contributed by atoms with E-state index >= 15 is 0 Å². The molecule has 2 aliphatic rings. The first-order chi connectivity index (χ1) is 9.61. The zero-order chi connectivity index (χ0) is 14.1. The number of carbonyl (C=O) groups is 1. The average molecular weight is 334 g/mol. The van der Waals surface area contributed by atoms with Gasteiger partial charge in [0.25, 0.3) is 11.9 Å². The summed E-state index contributed by atoms with van der Waals surface area (Å²) < 4.78 is 0.947. The van der Waals surface area contributed by atoms with Gasteiger partial charge < -0.3 is 5.73 Å². The molecule has 100 valence electrons. The number of halogens is 1. The lowest BCUT2D eigenvalue weighted by Gasteiger charge is -2.13. The summed E-state index contributed by atoms with van der Waals surface area (Å²) in [5.74, 6) is -0.0334. The van der Waals surface area contributed by atoms with E-state index in [1.54, 1.807) is 12.1 Å². The number of nitrogens with zero attached hydrogens (tertiary/aromatic N) is 5. The molecule has 1 atom stereocenters. The first kappa shape index (κ1) is 12.6. The molecule has 0 saturated carbocycles. The van der Waals surface area contributed by atoms with Gasteiger partial charge in [-0.15, -0.1) is 10.2 Å². The maximum atomic E-state index is 11.6. The predicted molar refractivity (Wildman–Crippen MR) is 77.1 cm³/mol. The quantitative estimate of drug-likeness (QED) is 0.749. The second kappa shape index (κ2) is 4.93. The van der Waals surface area contributed by atoms with Gasteiger partial charge in [0.2, 0.25) is 5.96 Å². The average Bonchev–Trinajstić information content (AvgIpc) is 2.81. The summed E-state index contributed by atoms with van der Waals surface area (Å²) in [4.78, 5) is 23.5. The molecule has 1 amide bonds. The van der Waals surface area contributed by atoms with Crippen LogP contribution in [0.5, 0.6) is 0 Å². The van der Waals surface area contributed by atoms with Crippen molar-refractivity contribution in [2.45, 2.75) is 6.04 Å². The molecule has 8 nitrogen and oxygen atoms in total. The SMILES string of the molecule is NC1=NC2=NC(N=Nc3ccc(Br)cc3)=NC2C(=O)N1. The molecule has 0 saturated heterocycles. The van der Waals surface area contributed by atoms with Crippen LogP contribution in [-0.2, 0) is 4.79 Å². The fourth-order valence-electron chi connectivity index (χ4n) is 1.63. The molecule has 1 aromatic rings. The van der Waals surface area contributed by atoms with E-state index < -0.39 is 6.04 Å². The molecule has 3 N–H and O–H groups in total. The Morgan fingerprint density at radius 3 is 2.70 bits per heavy atom. The highest BCUT2D eigenvalue weighted by Gasteiger charge is 2.33. The Hall–Kier alpha value is -2.42. The Bertz CT molecular complexity index is 689. The molecule has 0 radical (unpaired) electrons. The van der Waals surface area contributed by atoms with E-state index in [2.05, 4.69) is 46.5 Å². The largest absolute Gasteiger partial charge is 0.369 e. The molecule has 0 spiro atoms. The third-order valence-electron chi connectivity index (χ3n) is 2.52. The molecular weight excluding hydrogens is 326 g/mol. The lowest BCUT2D eigenvalue weighted by Crippen LogP contribution is -2.49. The number of hydrogen-bond acceptors (Lipinski definition) is 7. The number of carbonyl (C=O) groups excluding carboxylic acids is 1. The molecule has 9 heteroatoms. The number of aliphatic imine (C=N–C) groups is 3. The van der Waals surface area contributed by atoms with Crippen molar-refractivity contribution in [1.82, 2.24) is 5.32 Å². The van der Waals surface area contributed by atoms with Gasteiger partial charge in [-0.25, -0.2) is 4.99 Å². The molecule has 3 rings (SSSR count). The van der Waals surface area contributed by atoms with Crippen molar-refractivity contribution < 1.29 is 4.79 Å². The topological polar surface area (TPSA) is 117 Å². The Morgan fingerprint density at radius 1 is 1.20 bits per heavy atom. The molecule has 0 aromatic heterocycles. The lowest BCUT2D eigenvalue weighted by atomic mass is 10.2. The predicted octanol–water partition coefficient (Wildman–Crippen LogP) is 1.11. The number of nitrogens with one attached hydrogen (secondary N) is 1. The van der Waals surface area contributed by atoms with Gasteiger partial charge in [0, 0.05) is 4.47 Å². The summed E-state index contributed by atoms with van der Waals surface area (Å²) in [5.41, 5.74) is 6.08. The number of fused-ring (bicyclic) bond motifs is 1. The Morgan fingerprint density at radius 2 is 1.95 bits per heavy atom. The first-order valence-corrected chi connectivity index (χ1v) is 6.40. The van der Waals surface area contributed by atoms with Crippen LogP contribution in [0.25, 0.3) is 0 Å². The first-order valence-electron chi connectivity index (χ1n) is 5.60. The van der Waals surface area contributed by atoms with E-state index in [-0.39, 0.29) is 23.7 Å². The summed E-state index contributed by atoms with van der Waals surface area (Å²) in [6.45, 7) is 0. The smallest absolute Gasteiger partial charge is 0.267 e. The standard InChI is InChI=1S/C11H8BrN7O/c12-5-1-3-6(4-2-5)18-19-11-14-7-8(16-11)15-10(13)17-9(7)20/h1-4,7H,(H3,13,14,15,16,17,20). The van der Waals surface area contributed by atoms with E-state index in [0.29, 0.717) is 5.69 Å². The van der Waals surface area contributed by atoms with E-state index in [1.807, 2.05) is 12.1 Å². The van der Waals surface area contributed by atoms with Crippen LogP contribution in [0.3, 0.4) is 0 Å². The van der Waals surface area contributed by atoms with Crippen LogP contribution >= 0.6 is 15.9 Å². The summed E-state index contributed by atoms with van der Waals surface area (Å²) >= 11 is 3.33. The van der Waals surface area contributed by atoms with Crippen molar-refractivity contribution in [2.75, 3.05) is 0 Å². The Kier molecular flexibility index (Phi) is 3.11. The van der Waals surface area contributed by atoms with Crippen molar-refractivity contribution in [2.24, 2.45) is 30.9 Å². The normalized spacial score (nSPS) is 21.1. The van der Waals surface area contributed by atoms with Crippen LogP contribution in [0.15, 0.2) is 53.9 Å². The molecule has 0 aliphatic carbocycles. The van der Waals surface area contributed by atoms with Gasteiger partial charge in [-0.1, -0.05) is 15.9 Å². The number of azo groups is 1. The summed E-state index contributed by atoms with van der Waals surface area (Å²) in [6.07, 6.45) is 0. The van der Waals surface area contributed by atoms with E-state index in [1.165, 1.54) is 0 Å². The van der Waals surface area contributed by atoms with Gasteiger partial charge in [0.05, 0.1) is 5.69 Å². The highest BCUT2D eigenvalue weighted by molar-refractivity contribution is 9.10. The second-order valence-electron chi connectivity index (χ2n) is 3.96. The van der Waals surface area contributed by atoms with Crippen molar-refractivity contribution in [1.29, 1.82) is 0 Å². The van der Waals surface area contributed by atoms with Crippen LogP contribution in [0.1, 0.15) is 0 Å². The maximum absolute atomic E-state index is 11.6. The number of amidine groups is 1. The van der Waals surface area contributed by atoms with Crippen LogP contribution < -0.4 is 11.1 Å². The van der Waals surface area contributed by atoms with Gasteiger partial charge in [0.1, 0.15) is 0 Å². The van der Waals surface area contributed by atoms with Gasteiger partial charge in [-0.2, -0.15) is 9.98 Å². The minimum atomic E-state index is -0.791. The van der Waals surface area contributed by atoms with Crippen LogP contribution in [0.4, 0.5) is 5.69 Å². The molecule has 2 heterocycles. The van der Waals surface area contributed by atoms with E-state index in [9.17, 15) is 4.79 Å². The molecule has 0 bridgehead atoms. The Balaban J connectivity index is 1.81. The van der Waals surface area contributed by atoms with Crippen LogP contribution in [-0.4, -0.2) is 29.7 Å². The monoisotopic (exact) mass is 333 g/mol. The highest BCUT2D eigenvalue weighted by Crippen LogP contribution is 2.18. The van der Waals surface area contributed by atoms with Gasteiger partial charge in [-0.3, -0.25) is 10.1 Å². The highest BCUT2D eigenvalue weighted by atomic mass is 79.9. The van der Waals surface area contributed by atoms with Gasteiger partial charge in [-0.05, 0) is 24.3 Å². The van der Waals surface area contributed by atoms with Crippen LogP contribution in [0, 0.1) is 0 Å². The molecule has 0 fully saturated rings. The number of nitrogens with two attached hydrogens (primary N) is 1. The number of guanidine groups is 2. The third-order valence-corrected chi connectivity index (χ3v) is 3.05. The fourth-order valence-corrected chi connectivity index (χ4v) is 1.90. The maximum Gasteiger partial charge on any atom is 0.267 e. The number of amides is 1. The van der Waals surface area contributed by atoms with E-state index in [4.69, 9.17) is 5.73 Å². The second-order valence-corrected chi connectivity index (χ2v) is 4.88. The summed E-state index contributed by atoms with van der Waals surface area (Å²) in [7, 11) is 0. The van der Waals surface area contributed by atoms with Crippen molar-refractivity contribution in [3.8, 4) is 0 Å². The van der Waals surface area contributed by atoms with Gasteiger partial charge in [0.15, 0.2) is 11.9 Å². The van der Waals surface area contributed by atoms with Crippen LogP contribution in [0.2, 0.25) is 0 Å². The van der Waals surface area contributed by atoms with Crippen molar-refractivity contribution in [3.63, 3.8) is 0 Å². The fraction of sp³-hybridized carbons (Fsp3) is 0.0909. The van der Waals surface area contributed by atoms with E-state index in [0.717, 1.165) is 4.47 Å². The summed E-state index contributed by atoms with van der Waals surface area (Å²) in [5, 5.41) is 10.2. The zero-order valence-corrected chi connectivity index (χ0v) is 11.6. The zero-order valence-electron chi connectivity index (χ0n) is 9.99. The molecule has 1 unspecified atom stereocenters. The molecule has 2 aliphatic heterocycles. The number of hydrogen-bond donors (Lipinski definition) is 2. The molecule has 1 aromatic carbocycles. The van der Waals surface area contributed by atoms with Crippen molar-refractivity contribution in [3.05, 3.63) is 28.7 Å². The molecular formula is C11H8BrN7O. The summed E-state index contributed by atoms with van der Waals surface area (Å²) in [6, 6.07) is 6.46. The lowest BCUT2D eigenvalue weighted by molar-refractivity contribution is -0.119. The third kappa shape index (κ3) is 2.48.